The van der Waals surface area contributed by atoms with E-state index in [0.717, 1.165) is 4.90 Å². The highest BCUT2D eigenvalue weighted by molar-refractivity contribution is 8.00. The summed E-state index contributed by atoms with van der Waals surface area (Å²) in [5.41, 5.74) is 0.950. The number of rotatable bonds is 8. The van der Waals surface area contributed by atoms with Gasteiger partial charge in [0.15, 0.2) is 0 Å². The molecule has 0 saturated carbocycles. The summed E-state index contributed by atoms with van der Waals surface area (Å²) in [6.07, 6.45) is 0.555. The van der Waals surface area contributed by atoms with Crippen LogP contribution >= 0.6 is 35.0 Å². The largest absolute Gasteiger partial charge is 0.324 e. The van der Waals surface area contributed by atoms with Crippen LogP contribution in [0.25, 0.3) is 0 Å². The maximum absolute atomic E-state index is 12.8. The third-order valence-corrected chi connectivity index (χ3v) is 6.46. The van der Waals surface area contributed by atoms with Crippen molar-refractivity contribution in [2.24, 2.45) is 0 Å². The van der Waals surface area contributed by atoms with Gasteiger partial charge in [0.2, 0.25) is 5.91 Å². The standard InChI is InChI=1S/C23H19Cl2N3O4S/c1-2-21(23(30)27-20-12-15(24)9-10-19(20)25)33-18-8-4-6-16(13-18)26-22(29)14-5-3-7-17(11-14)28(31)32/h3-13,21H,2H2,1H3,(H,26,29)(H,27,30). The van der Waals surface area contributed by atoms with Gasteiger partial charge in [-0.05, 0) is 48.9 Å². The molecule has 170 valence electrons. The predicted molar refractivity (Wildman–Crippen MR) is 133 cm³/mol. The van der Waals surface area contributed by atoms with Crippen LogP contribution in [0.2, 0.25) is 10.0 Å². The molecule has 2 N–H and O–H groups in total. The Morgan fingerprint density at radius 2 is 1.79 bits per heavy atom. The van der Waals surface area contributed by atoms with Gasteiger partial charge in [0, 0.05) is 33.3 Å². The summed E-state index contributed by atoms with van der Waals surface area (Å²) in [7, 11) is 0. The number of carbonyl (C=O) groups is 2. The first-order chi connectivity index (χ1) is 15.8. The second kappa shape index (κ2) is 11.2. The number of thioether (sulfide) groups is 1. The second-order valence-electron chi connectivity index (χ2n) is 6.92. The first kappa shape index (κ1) is 24.6. The molecule has 0 aliphatic rings. The molecule has 0 heterocycles. The predicted octanol–water partition coefficient (Wildman–Crippen LogP) is 6.66. The fourth-order valence-corrected chi connectivity index (χ4v) is 4.25. The van der Waals surface area contributed by atoms with E-state index in [4.69, 9.17) is 23.2 Å². The molecule has 0 fully saturated rings. The lowest BCUT2D eigenvalue weighted by Gasteiger charge is -2.16. The van der Waals surface area contributed by atoms with Crippen molar-refractivity contribution in [3.8, 4) is 0 Å². The summed E-state index contributed by atoms with van der Waals surface area (Å²) < 4.78 is 0. The van der Waals surface area contributed by atoms with Gasteiger partial charge in [-0.25, -0.2) is 0 Å². The smallest absolute Gasteiger partial charge is 0.270 e. The average Bonchev–Trinajstić information content (AvgIpc) is 2.80. The van der Waals surface area contributed by atoms with E-state index in [1.54, 1.807) is 36.4 Å². The Morgan fingerprint density at radius 3 is 2.52 bits per heavy atom. The Morgan fingerprint density at radius 1 is 1.03 bits per heavy atom. The molecule has 3 aromatic rings. The number of hydrogen-bond donors (Lipinski definition) is 2. The van der Waals surface area contributed by atoms with Gasteiger partial charge in [-0.15, -0.1) is 11.8 Å². The van der Waals surface area contributed by atoms with Crippen molar-refractivity contribution < 1.29 is 14.5 Å². The Labute approximate surface area is 204 Å². The summed E-state index contributed by atoms with van der Waals surface area (Å²) in [5, 5.41) is 16.9. The van der Waals surface area contributed by atoms with E-state index < -0.39 is 16.1 Å². The van der Waals surface area contributed by atoms with E-state index >= 15 is 0 Å². The number of anilines is 2. The van der Waals surface area contributed by atoms with Gasteiger partial charge in [-0.1, -0.05) is 42.3 Å². The molecule has 0 aromatic heterocycles. The molecule has 0 bridgehead atoms. The topological polar surface area (TPSA) is 101 Å². The van der Waals surface area contributed by atoms with Gasteiger partial charge in [0.25, 0.3) is 11.6 Å². The van der Waals surface area contributed by atoms with E-state index in [1.165, 1.54) is 36.0 Å². The monoisotopic (exact) mass is 503 g/mol. The lowest BCUT2D eigenvalue weighted by atomic mass is 10.2. The number of halogens is 2. The van der Waals surface area contributed by atoms with Crippen LogP contribution < -0.4 is 10.6 Å². The van der Waals surface area contributed by atoms with Crippen molar-refractivity contribution in [2.45, 2.75) is 23.5 Å². The van der Waals surface area contributed by atoms with Crippen LogP contribution in [0.1, 0.15) is 23.7 Å². The van der Waals surface area contributed by atoms with Crippen LogP contribution in [0, 0.1) is 10.1 Å². The number of nitro groups is 1. The molecule has 3 rings (SSSR count). The molecule has 3 aromatic carbocycles. The summed E-state index contributed by atoms with van der Waals surface area (Å²) in [6.45, 7) is 1.89. The molecule has 0 spiro atoms. The highest BCUT2D eigenvalue weighted by Crippen LogP contribution is 2.31. The van der Waals surface area contributed by atoms with Crippen LogP contribution in [0.15, 0.2) is 71.6 Å². The Bertz CT molecular complexity index is 1210. The minimum atomic E-state index is -0.555. The highest BCUT2D eigenvalue weighted by Gasteiger charge is 2.20. The number of amides is 2. The van der Waals surface area contributed by atoms with Crippen LogP contribution in [0.3, 0.4) is 0 Å². The quantitative estimate of drug-likeness (QED) is 0.203. The van der Waals surface area contributed by atoms with Gasteiger partial charge in [-0.2, -0.15) is 0 Å². The molecule has 0 aliphatic heterocycles. The lowest BCUT2D eigenvalue weighted by Crippen LogP contribution is -2.24. The SMILES string of the molecule is CCC(Sc1cccc(NC(=O)c2cccc([N+](=O)[O-])c2)c1)C(=O)Nc1cc(Cl)ccc1Cl. The van der Waals surface area contributed by atoms with E-state index in [1.807, 2.05) is 13.0 Å². The fraction of sp³-hybridized carbons (Fsp3) is 0.130. The van der Waals surface area contributed by atoms with Gasteiger partial charge in [0.05, 0.1) is 20.9 Å². The minimum absolute atomic E-state index is 0.163. The number of hydrogen-bond acceptors (Lipinski definition) is 5. The van der Waals surface area contributed by atoms with Crippen molar-refractivity contribution in [2.75, 3.05) is 10.6 Å². The number of nitrogens with zero attached hydrogens (tertiary/aromatic N) is 1. The van der Waals surface area contributed by atoms with Crippen LogP contribution in [-0.4, -0.2) is 22.0 Å². The van der Waals surface area contributed by atoms with Gasteiger partial charge in [0.1, 0.15) is 0 Å². The zero-order valence-electron chi connectivity index (χ0n) is 17.4. The minimum Gasteiger partial charge on any atom is -0.324 e. The molecule has 1 unspecified atom stereocenters. The molecule has 33 heavy (non-hydrogen) atoms. The molecule has 0 radical (unpaired) electrons. The van der Waals surface area contributed by atoms with Crippen molar-refractivity contribution >= 4 is 63.8 Å². The molecule has 2 amide bonds. The van der Waals surface area contributed by atoms with E-state index in [9.17, 15) is 19.7 Å². The number of benzene rings is 3. The number of nitro benzene ring substituents is 1. The first-order valence-electron chi connectivity index (χ1n) is 9.85. The maximum atomic E-state index is 12.8. The zero-order valence-corrected chi connectivity index (χ0v) is 19.7. The van der Waals surface area contributed by atoms with Gasteiger partial charge >= 0.3 is 0 Å². The third kappa shape index (κ3) is 6.71. The average molecular weight is 504 g/mol. The molecule has 7 nitrogen and oxygen atoms in total. The van der Waals surface area contributed by atoms with Crippen LogP contribution in [0.5, 0.6) is 0 Å². The van der Waals surface area contributed by atoms with Crippen molar-refractivity contribution in [1.82, 2.24) is 0 Å². The second-order valence-corrected chi connectivity index (χ2v) is 9.04. The normalized spacial score (nSPS) is 11.5. The van der Waals surface area contributed by atoms with Gasteiger partial charge < -0.3 is 10.6 Å². The number of nitrogens with one attached hydrogen (secondary N) is 2. The molecular formula is C23H19Cl2N3O4S. The molecular weight excluding hydrogens is 485 g/mol. The van der Waals surface area contributed by atoms with E-state index in [2.05, 4.69) is 10.6 Å². The van der Waals surface area contributed by atoms with Gasteiger partial charge in [-0.3, -0.25) is 19.7 Å². The van der Waals surface area contributed by atoms with E-state index in [0.29, 0.717) is 27.8 Å². The Balaban J connectivity index is 1.69. The summed E-state index contributed by atoms with van der Waals surface area (Å²) in [6, 6.07) is 17.3. The Hall–Kier alpha value is -3.07. The van der Waals surface area contributed by atoms with E-state index in [-0.39, 0.29) is 17.2 Å². The van der Waals surface area contributed by atoms with Crippen molar-refractivity contribution in [3.05, 3.63) is 92.5 Å². The summed E-state index contributed by atoms with van der Waals surface area (Å²) >= 11 is 13.5. The first-order valence-corrected chi connectivity index (χ1v) is 11.5. The van der Waals surface area contributed by atoms with Crippen molar-refractivity contribution in [3.63, 3.8) is 0 Å². The van der Waals surface area contributed by atoms with Crippen molar-refractivity contribution in [1.29, 1.82) is 0 Å². The number of non-ortho nitro benzene ring substituents is 1. The maximum Gasteiger partial charge on any atom is 0.270 e. The molecule has 0 saturated heterocycles. The Kier molecular flexibility index (Phi) is 8.32. The molecule has 10 heteroatoms. The highest BCUT2D eigenvalue weighted by atomic mass is 35.5. The summed E-state index contributed by atoms with van der Waals surface area (Å²) in [5.74, 6) is -0.695. The van der Waals surface area contributed by atoms with Crippen LogP contribution in [-0.2, 0) is 4.79 Å². The lowest BCUT2D eigenvalue weighted by molar-refractivity contribution is -0.384. The summed E-state index contributed by atoms with van der Waals surface area (Å²) in [4.78, 5) is 36.5. The third-order valence-electron chi connectivity index (χ3n) is 4.54. The zero-order chi connectivity index (χ0) is 24.0. The molecule has 0 aliphatic carbocycles. The van der Waals surface area contributed by atoms with Crippen LogP contribution in [0.4, 0.5) is 17.1 Å². The number of carbonyl (C=O) groups excluding carboxylic acids is 2. The molecule has 1 atom stereocenters. The fourth-order valence-electron chi connectivity index (χ4n) is 2.90.